The minimum absolute atomic E-state index is 0.00243. The van der Waals surface area contributed by atoms with Crippen LogP contribution in [0, 0.1) is 17.2 Å². The Balaban J connectivity index is 2.60. The molecular weight excluding hydrogens is 231 g/mol. The number of hydrogen-bond acceptors (Lipinski definition) is 3. The summed E-state index contributed by atoms with van der Waals surface area (Å²) in [5.41, 5.74) is -0.784. The van der Waals surface area contributed by atoms with Crippen LogP contribution >= 0.6 is 0 Å². The third-order valence-corrected chi connectivity index (χ3v) is 3.31. The van der Waals surface area contributed by atoms with Gasteiger partial charge in [0, 0.05) is 13.1 Å². The molecule has 0 bridgehead atoms. The molecule has 1 aliphatic rings. The van der Waals surface area contributed by atoms with E-state index in [-0.39, 0.29) is 13.0 Å². The maximum Gasteiger partial charge on any atom is 0.393 e. The van der Waals surface area contributed by atoms with Crippen LogP contribution in [0.1, 0.15) is 19.8 Å². The lowest BCUT2D eigenvalue weighted by Gasteiger charge is -2.37. The minimum atomic E-state index is -4.12. The zero-order valence-electron chi connectivity index (χ0n) is 10.1. The van der Waals surface area contributed by atoms with E-state index in [0.29, 0.717) is 19.5 Å². The Kier molecular flexibility index (Phi) is 4.39. The first-order chi connectivity index (χ1) is 7.80. The van der Waals surface area contributed by atoms with Gasteiger partial charge in [0.25, 0.3) is 0 Å². The molecular formula is C11H18F3N3. The van der Waals surface area contributed by atoms with E-state index >= 15 is 0 Å². The smallest absolute Gasteiger partial charge is 0.302 e. The maximum atomic E-state index is 12.6. The highest BCUT2D eigenvalue weighted by molar-refractivity contribution is 5.05. The highest BCUT2D eigenvalue weighted by Gasteiger charge is 2.42. The van der Waals surface area contributed by atoms with Crippen LogP contribution in [0.3, 0.4) is 0 Å². The quantitative estimate of drug-likeness (QED) is 0.828. The van der Waals surface area contributed by atoms with Crippen molar-refractivity contribution in [1.82, 2.24) is 10.2 Å². The van der Waals surface area contributed by atoms with Gasteiger partial charge in [-0.3, -0.25) is 4.90 Å². The largest absolute Gasteiger partial charge is 0.393 e. The first-order valence-electron chi connectivity index (χ1n) is 5.70. The summed E-state index contributed by atoms with van der Waals surface area (Å²) < 4.78 is 37.8. The summed E-state index contributed by atoms with van der Waals surface area (Å²) in [7, 11) is 1.65. The lowest BCUT2D eigenvalue weighted by molar-refractivity contribution is -0.187. The van der Waals surface area contributed by atoms with Crippen molar-refractivity contribution in [2.24, 2.45) is 5.92 Å². The average molecular weight is 249 g/mol. The molecule has 1 aliphatic heterocycles. The molecule has 0 saturated carbocycles. The summed E-state index contributed by atoms with van der Waals surface area (Å²) in [6.07, 6.45) is -3.39. The monoisotopic (exact) mass is 249 g/mol. The van der Waals surface area contributed by atoms with Crippen molar-refractivity contribution in [3.8, 4) is 6.07 Å². The normalized spacial score (nSPS) is 26.2. The number of hydrogen-bond donors (Lipinski definition) is 1. The second kappa shape index (κ2) is 5.23. The highest BCUT2D eigenvalue weighted by Crippen LogP contribution is 2.33. The van der Waals surface area contributed by atoms with Gasteiger partial charge in [-0.05, 0) is 33.4 Å². The van der Waals surface area contributed by atoms with E-state index < -0.39 is 17.6 Å². The molecule has 1 fully saturated rings. The van der Waals surface area contributed by atoms with E-state index in [0.717, 1.165) is 0 Å². The molecule has 1 saturated heterocycles. The lowest BCUT2D eigenvalue weighted by atomic mass is 9.95. The molecule has 1 rings (SSSR count). The SMILES string of the molecule is CNC(C)(C#N)CN1CCCC(C(F)(F)F)C1. The highest BCUT2D eigenvalue weighted by atomic mass is 19.4. The number of nitrogens with zero attached hydrogens (tertiary/aromatic N) is 2. The Morgan fingerprint density at radius 1 is 1.47 bits per heavy atom. The molecule has 6 heteroatoms. The predicted molar refractivity (Wildman–Crippen MR) is 58.3 cm³/mol. The number of rotatable bonds is 3. The van der Waals surface area contributed by atoms with Crippen molar-refractivity contribution >= 4 is 0 Å². The first kappa shape index (κ1) is 14.3. The van der Waals surface area contributed by atoms with Crippen molar-refractivity contribution < 1.29 is 13.2 Å². The summed E-state index contributed by atoms with van der Waals surface area (Å²) in [5, 5.41) is 11.8. The average Bonchev–Trinajstić information content (AvgIpc) is 2.28. The van der Waals surface area contributed by atoms with E-state index in [1.54, 1.807) is 18.9 Å². The van der Waals surface area contributed by atoms with Gasteiger partial charge < -0.3 is 5.32 Å². The number of halogens is 3. The second-order valence-corrected chi connectivity index (χ2v) is 4.81. The molecule has 1 heterocycles. The zero-order chi connectivity index (χ0) is 13.1. The molecule has 17 heavy (non-hydrogen) atoms. The summed E-state index contributed by atoms with van der Waals surface area (Å²) in [4.78, 5) is 1.72. The predicted octanol–water partition coefficient (Wildman–Crippen LogP) is 1.76. The number of nitrogens with one attached hydrogen (secondary N) is 1. The fraction of sp³-hybridized carbons (Fsp3) is 0.909. The number of alkyl halides is 3. The summed E-state index contributed by atoms with van der Waals surface area (Å²) >= 11 is 0. The molecule has 0 aromatic heterocycles. The van der Waals surface area contributed by atoms with Gasteiger partial charge in [0.2, 0.25) is 0 Å². The molecule has 0 spiro atoms. The van der Waals surface area contributed by atoms with Gasteiger partial charge in [-0.15, -0.1) is 0 Å². The Morgan fingerprint density at radius 3 is 2.59 bits per heavy atom. The molecule has 0 aromatic carbocycles. The maximum absolute atomic E-state index is 12.6. The van der Waals surface area contributed by atoms with Crippen LogP contribution in [-0.2, 0) is 0 Å². The van der Waals surface area contributed by atoms with E-state index in [1.807, 2.05) is 0 Å². The third kappa shape index (κ3) is 3.86. The molecule has 0 radical (unpaired) electrons. The fourth-order valence-electron chi connectivity index (χ4n) is 2.08. The van der Waals surface area contributed by atoms with Gasteiger partial charge in [-0.25, -0.2) is 0 Å². The standard InChI is InChI=1S/C11H18F3N3/c1-10(7-15,16-2)8-17-5-3-4-9(6-17)11(12,13)14/h9,16H,3-6,8H2,1-2H3. The third-order valence-electron chi connectivity index (χ3n) is 3.31. The number of nitriles is 1. The van der Waals surface area contributed by atoms with Crippen molar-refractivity contribution in [2.45, 2.75) is 31.5 Å². The van der Waals surface area contributed by atoms with Crippen molar-refractivity contribution in [3.63, 3.8) is 0 Å². The van der Waals surface area contributed by atoms with Crippen LogP contribution in [0.15, 0.2) is 0 Å². The van der Waals surface area contributed by atoms with E-state index in [4.69, 9.17) is 5.26 Å². The van der Waals surface area contributed by atoms with Crippen LogP contribution in [-0.4, -0.2) is 43.3 Å². The van der Waals surface area contributed by atoms with Crippen molar-refractivity contribution in [3.05, 3.63) is 0 Å². The number of likely N-dealkylation sites (tertiary alicyclic amines) is 1. The fourth-order valence-corrected chi connectivity index (χ4v) is 2.08. The summed E-state index contributed by atoms with van der Waals surface area (Å²) in [5.74, 6) is -1.25. The van der Waals surface area contributed by atoms with E-state index in [1.165, 1.54) is 0 Å². The lowest BCUT2D eigenvalue weighted by Crippen LogP contribution is -2.52. The molecule has 0 aromatic rings. The van der Waals surface area contributed by atoms with Gasteiger partial charge in [0.15, 0.2) is 0 Å². The molecule has 98 valence electrons. The first-order valence-corrected chi connectivity index (χ1v) is 5.70. The van der Waals surface area contributed by atoms with E-state index in [9.17, 15) is 13.2 Å². The van der Waals surface area contributed by atoms with Crippen LogP contribution < -0.4 is 5.32 Å². The Morgan fingerprint density at radius 2 is 2.12 bits per heavy atom. The molecule has 2 atom stereocenters. The molecule has 0 aliphatic carbocycles. The summed E-state index contributed by atoms with van der Waals surface area (Å²) in [6, 6.07) is 2.09. The van der Waals surface area contributed by atoms with Gasteiger partial charge in [0.1, 0.15) is 5.54 Å². The van der Waals surface area contributed by atoms with Crippen molar-refractivity contribution in [2.75, 3.05) is 26.7 Å². The molecule has 3 nitrogen and oxygen atoms in total. The van der Waals surface area contributed by atoms with Crippen LogP contribution in [0.2, 0.25) is 0 Å². The van der Waals surface area contributed by atoms with Crippen LogP contribution in [0.25, 0.3) is 0 Å². The molecule has 0 amide bonds. The van der Waals surface area contributed by atoms with Gasteiger partial charge >= 0.3 is 6.18 Å². The number of likely N-dealkylation sites (N-methyl/N-ethyl adjacent to an activating group) is 1. The van der Waals surface area contributed by atoms with E-state index in [2.05, 4.69) is 11.4 Å². The molecule has 2 unspecified atom stereocenters. The second-order valence-electron chi connectivity index (χ2n) is 4.81. The minimum Gasteiger partial charge on any atom is -0.302 e. The Bertz CT molecular complexity index is 297. The van der Waals surface area contributed by atoms with Gasteiger partial charge in [-0.2, -0.15) is 18.4 Å². The topological polar surface area (TPSA) is 39.1 Å². The summed E-state index contributed by atoms with van der Waals surface area (Å²) in [6.45, 7) is 2.66. The zero-order valence-corrected chi connectivity index (χ0v) is 10.1. The van der Waals surface area contributed by atoms with Gasteiger partial charge in [0.05, 0.1) is 12.0 Å². The molecule has 1 N–H and O–H groups in total. The number of piperidine rings is 1. The van der Waals surface area contributed by atoms with Crippen molar-refractivity contribution in [1.29, 1.82) is 5.26 Å². The Labute approximate surface area is 99.6 Å². The van der Waals surface area contributed by atoms with Gasteiger partial charge in [-0.1, -0.05) is 0 Å². The van der Waals surface area contributed by atoms with Crippen LogP contribution in [0.5, 0.6) is 0 Å². The Hall–Kier alpha value is -0.800. The van der Waals surface area contributed by atoms with Crippen LogP contribution in [0.4, 0.5) is 13.2 Å².